The van der Waals surface area contributed by atoms with E-state index < -0.39 is 6.61 Å². The molecule has 1 amide bonds. The third-order valence-corrected chi connectivity index (χ3v) is 5.14. The molecule has 1 saturated carbocycles. The van der Waals surface area contributed by atoms with Crippen molar-refractivity contribution in [3.8, 4) is 5.75 Å². The van der Waals surface area contributed by atoms with E-state index in [2.05, 4.69) is 29.7 Å². The van der Waals surface area contributed by atoms with Crippen LogP contribution < -0.4 is 10.1 Å². The maximum atomic E-state index is 12.4. The van der Waals surface area contributed by atoms with E-state index in [4.69, 9.17) is 0 Å². The Balaban J connectivity index is 1.31. The van der Waals surface area contributed by atoms with E-state index in [0.717, 1.165) is 31.8 Å². The second kappa shape index (κ2) is 8.22. The third kappa shape index (κ3) is 4.64. The molecule has 1 aliphatic carbocycles. The second-order valence-electron chi connectivity index (χ2n) is 7.35. The molecule has 2 aliphatic rings. The molecule has 1 aromatic carbocycles. The van der Waals surface area contributed by atoms with Crippen LogP contribution in [-0.4, -0.2) is 51.8 Å². The average molecular weight is 391 g/mol. The zero-order valence-electron chi connectivity index (χ0n) is 15.4. The van der Waals surface area contributed by atoms with Crippen molar-refractivity contribution in [2.45, 2.75) is 44.3 Å². The quantitative estimate of drug-likeness (QED) is 0.786. The number of carbonyl (C=O) groups excluding carboxylic acids is 1. The highest BCUT2D eigenvalue weighted by Crippen LogP contribution is 2.38. The molecule has 4 rings (SSSR count). The molecule has 28 heavy (non-hydrogen) atoms. The lowest BCUT2D eigenvalue weighted by Crippen LogP contribution is -2.40. The van der Waals surface area contributed by atoms with Crippen LogP contribution in [0.5, 0.6) is 5.75 Å². The summed E-state index contributed by atoms with van der Waals surface area (Å²) < 4.78 is 30.9. The number of hydrogen-bond donors (Lipinski definition) is 1. The van der Waals surface area contributed by atoms with E-state index in [1.807, 2.05) is 6.33 Å². The molecule has 7 nitrogen and oxygen atoms in total. The first kappa shape index (κ1) is 18.8. The van der Waals surface area contributed by atoms with Crippen LogP contribution in [0.1, 0.15) is 43.5 Å². The second-order valence-corrected chi connectivity index (χ2v) is 7.35. The van der Waals surface area contributed by atoms with Crippen LogP contribution in [-0.2, 0) is 4.79 Å². The number of nitrogens with zero attached hydrogens (tertiary/aromatic N) is 4. The number of anilines is 1. The van der Waals surface area contributed by atoms with Crippen molar-refractivity contribution >= 4 is 11.6 Å². The Kier molecular flexibility index (Phi) is 5.52. The molecule has 0 spiro atoms. The molecule has 0 bridgehead atoms. The Labute approximate surface area is 161 Å². The van der Waals surface area contributed by atoms with E-state index in [-0.39, 0.29) is 24.1 Å². The van der Waals surface area contributed by atoms with Gasteiger partial charge in [0.1, 0.15) is 17.9 Å². The van der Waals surface area contributed by atoms with Crippen LogP contribution in [0.3, 0.4) is 0 Å². The number of ether oxygens (including phenoxy) is 1. The summed E-state index contributed by atoms with van der Waals surface area (Å²) in [6.45, 7) is -0.940. The molecule has 2 aromatic rings. The van der Waals surface area contributed by atoms with Gasteiger partial charge in [0.2, 0.25) is 5.91 Å². The van der Waals surface area contributed by atoms with E-state index in [1.54, 1.807) is 12.1 Å². The largest absolute Gasteiger partial charge is 0.435 e. The van der Waals surface area contributed by atoms with Gasteiger partial charge in [-0.25, -0.2) is 0 Å². The van der Waals surface area contributed by atoms with Gasteiger partial charge in [-0.15, -0.1) is 10.2 Å². The van der Waals surface area contributed by atoms with Crippen LogP contribution in [0.4, 0.5) is 14.5 Å². The molecule has 0 radical (unpaired) electrons. The summed E-state index contributed by atoms with van der Waals surface area (Å²) in [6.07, 6.45) is 6.25. The van der Waals surface area contributed by atoms with E-state index in [1.165, 1.54) is 25.0 Å². The highest BCUT2D eigenvalue weighted by Gasteiger charge is 2.31. The van der Waals surface area contributed by atoms with Crippen molar-refractivity contribution in [3.05, 3.63) is 36.4 Å². The maximum absolute atomic E-state index is 12.4. The molecule has 9 heteroatoms. The number of likely N-dealkylation sites (tertiary alicyclic amines) is 1. The van der Waals surface area contributed by atoms with E-state index in [9.17, 15) is 13.6 Å². The van der Waals surface area contributed by atoms with Crippen molar-refractivity contribution in [2.24, 2.45) is 0 Å². The van der Waals surface area contributed by atoms with Crippen LogP contribution in [0.2, 0.25) is 0 Å². The van der Waals surface area contributed by atoms with Gasteiger partial charge in [-0.1, -0.05) is 0 Å². The Morgan fingerprint density at radius 3 is 2.75 bits per heavy atom. The first-order valence-corrected chi connectivity index (χ1v) is 9.55. The summed E-state index contributed by atoms with van der Waals surface area (Å²) in [6, 6.07) is 6.45. The minimum atomic E-state index is -2.86. The van der Waals surface area contributed by atoms with Crippen LogP contribution in [0.25, 0.3) is 0 Å². The Morgan fingerprint density at radius 2 is 2.04 bits per heavy atom. The number of rotatable bonds is 7. The summed E-state index contributed by atoms with van der Waals surface area (Å²) in [4.78, 5) is 14.5. The number of halogens is 2. The SMILES string of the molecule is O=C(CN1CCCC(c2nncn2C2CC2)C1)Nc1ccc(OC(F)F)cc1. The van der Waals surface area contributed by atoms with Crippen molar-refractivity contribution in [1.29, 1.82) is 0 Å². The summed E-state index contributed by atoms with van der Waals surface area (Å²) in [5.74, 6) is 1.25. The number of amides is 1. The Bertz CT molecular complexity index is 807. The number of aromatic nitrogens is 3. The average Bonchev–Trinajstić information content (AvgIpc) is 3.39. The standard InChI is InChI=1S/C19H23F2N5O2/c20-19(21)28-16-7-3-14(4-8-16)23-17(27)11-25-9-1-2-13(10-25)18-24-22-12-26(18)15-5-6-15/h3-4,7-8,12-13,15,19H,1-2,5-6,9-11H2,(H,23,27). The first-order valence-electron chi connectivity index (χ1n) is 9.55. The lowest BCUT2D eigenvalue weighted by Gasteiger charge is -2.31. The lowest BCUT2D eigenvalue weighted by molar-refractivity contribution is -0.117. The van der Waals surface area contributed by atoms with Crippen LogP contribution in [0, 0.1) is 0 Å². The summed E-state index contributed by atoms with van der Waals surface area (Å²) >= 11 is 0. The summed E-state index contributed by atoms with van der Waals surface area (Å²) in [5.41, 5.74) is 0.550. The molecule has 1 atom stereocenters. The zero-order chi connectivity index (χ0) is 19.5. The lowest BCUT2D eigenvalue weighted by atomic mass is 9.97. The van der Waals surface area contributed by atoms with Crippen molar-refractivity contribution in [1.82, 2.24) is 19.7 Å². The predicted octanol–water partition coefficient (Wildman–Crippen LogP) is 3.03. The van der Waals surface area contributed by atoms with Gasteiger partial charge in [0.15, 0.2) is 0 Å². The number of alkyl halides is 2. The molecular weight excluding hydrogens is 368 g/mol. The molecule has 1 saturated heterocycles. The molecule has 2 fully saturated rings. The van der Waals surface area contributed by atoms with Gasteiger partial charge in [0.05, 0.1) is 6.54 Å². The van der Waals surface area contributed by atoms with Crippen LogP contribution >= 0.6 is 0 Å². The van der Waals surface area contributed by atoms with Gasteiger partial charge in [0, 0.05) is 24.2 Å². The van der Waals surface area contributed by atoms with Gasteiger partial charge in [0.25, 0.3) is 0 Å². The molecule has 1 N–H and O–H groups in total. The fourth-order valence-corrected chi connectivity index (χ4v) is 3.71. The number of piperidine rings is 1. The fourth-order valence-electron chi connectivity index (χ4n) is 3.71. The topological polar surface area (TPSA) is 72.3 Å². The van der Waals surface area contributed by atoms with Gasteiger partial charge < -0.3 is 14.6 Å². The highest BCUT2D eigenvalue weighted by atomic mass is 19.3. The minimum absolute atomic E-state index is 0.0617. The Morgan fingerprint density at radius 1 is 1.25 bits per heavy atom. The van der Waals surface area contributed by atoms with Crippen LogP contribution in [0.15, 0.2) is 30.6 Å². The van der Waals surface area contributed by atoms with Crippen molar-refractivity contribution in [2.75, 3.05) is 25.0 Å². The normalized spacial score (nSPS) is 20.3. The maximum Gasteiger partial charge on any atom is 0.387 e. The molecule has 2 heterocycles. The summed E-state index contributed by atoms with van der Waals surface area (Å²) in [7, 11) is 0. The van der Waals surface area contributed by atoms with Gasteiger partial charge >= 0.3 is 6.61 Å². The molecule has 1 aliphatic heterocycles. The number of benzene rings is 1. The number of nitrogens with one attached hydrogen (secondary N) is 1. The van der Waals surface area contributed by atoms with Gasteiger partial charge in [-0.2, -0.15) is 8.78 Å². The smallest absolute Gasteiger partial charge is 0.387 e. The van der Waals surface area contributed by atoms with E-state index >= 15 is 0 Å². The van der Waals surface area contributed by atoms with Crippen molar-refractivity contribution in [3.63, 3.8) is 0 Å². The molecule has 150 valence electrons. The molecule has 1 aromatic heterocycles. The first-order chi connectivity index (χ1) is 13.6. The molecular formula is C19H23F2N5O2. The molecule has 1 unspecified atom stereocenters. The Hall–Kier alpha value is -2.55. The monoisotopic (exact) mass is 391 g/mol. The van der Waals surface area contributed by atoms with E-state index in [0.29, 0.717) is 11.7 Å². The van der Waals surface area contributed by atoms with Crippen molar-refractivity contribution < 1.29 is 18.3 Å². The third-order valence-electron chi connectivity index (χ3n) is 5.14. The fraction of sp³-hybridized carbons (Fsp3) is 0.526. The highest BCUT2D eigenvalue weighted by molar-refractivity contribution is 5.92. The number of carbonyl (C=O) groups is 1. The summed E-state index contributed by atoms with van der Waals surface area (Å²) in [5, 5.41) is 11.2. The zero-order valence-corrected chi connectivity index (χ0v) is 15.4. The van der Waals surface area contributed by atoms with Gasteiger partial charge in [-0.05, 0) is 56.5 Å². The predicted molar refractivity (Wildman–Crippen MR) is 98.4 cm³/mol. The number of hydrogen-bond acceptors (Lipinski definition) is 5. The van der Waals surface area contributed by atoms with Gasteiger partial charge in [-0.3, -0.25) is 9.69 Å². The minimum Gasteiger partial charge on any atom is -0.435 e.